The second-order valence-electron chi connectivity index (χ2n) is 4.51. The van der Waals surface area contributed by atoms with Gasteiger partial charge in [-0.25, -0.2) is 4.98 Å². The highest BCUT2D eigenvalue weighted by Crippen LogP contribution is 2.40. The maximum Gasteiger partial charge on any atom is 0.136 e. The Morgan fingerprint density at radius 3 is 2.88 bits per heavy atom. The summed E-state index contributed by atoms with van der Waals surface area (Å²) >= 11 is 0. The zero-order valence-electron chi connectivity index (χ0n) is 9.06. The SMILES string of the molecule is N#CC1(c2ccn3ccnc3c2)CCCC1. The minimum atomic E-state index is -0.256. The largest absolute Gasteiger partial charge is 0.307 e. The Morgan fingerprint density at radius 2 is 2.12 bits per heavy atom. The fourth-order valence-corrected chi connectivity index (χ4v) is 2.65. The van der Waals surface area contributed by atoms with Crippen LogP contribution in [0.4, 0.5) is 0 Å². The summed E-state index contributed by atoms with van der Waals surface area (Å²) < 4.78 is 1.98. The average Bonchev–Trinajstić information content (AvgIpc) is 2.97. The molecule has 16 heavy (non-hydrogen) atoms. The molecular formula is C13H13N3. The molecule has 80 valence electrons. The Balaban J connectivity index is 2.14. The van der Waals surface area contributed by atoms with E-state index in [1.807, 2.05) is 16.8 Å². The maximum absolute atomic E-state index is 9.42. The molecule has 0 N–H and O–H groups in total. The van der Waals surface area contributed by atoms with Gasteiger partial charge in [-0.15, -0.1) is 0 Å². The molecule has 1 aliphatic rings. The van der Waals surface area contributed by atoms with E-state index in [1.165, 1.54) is 0 Å². The predicted molar refractivity (Wildman–Crippen MR) is 61.0 cm³/mol. The van der Waals surface area contributed by atoms with Crippen molar-refractivity contribution in [3.63, 3.8) is 0 Å². The van der Waals surface area contributed by atoms with Crippen molar-refractivity contribution in [2.75, 3.05) is 0 Å². The zero-order chi connectivity index (χ0) is 11.0. The van der Waals surface area contributed by atoms with Gasteiger partial charge in [-0.05, 0) is 30.5 Å². The number of rotatable bonds is 1. The molecule has 0 aromatic carbocycles. The molecule has 0 bridgehead atoms. The lowest BCUT2D eigenvalue weighted by Gasteiger charge is -2.20. The van der Waals surface area contributed by atoms with Crippen molar-refractivity contribution in [3.05, 3.63) is 36.3 Å². The molecule has 2 heterocycles. The van der Waals surface area contributed by atoms with Crippen LogP contribution in [0.2, 0.25) is 0 Å². The molecule has 0 spiro atoms. The fraction of sp³-hybridized carbons (Fsp3) is 0.385. The summed E-state index contributed by atoms with van der Waals surface area (Å²) in [6, 6.07) is 6.62. The van der Waals surface area contributed by atoms with Crippen LogP contribution in [0.3, 0.4) is 0 Å². The molecule has 3 rings (SSSR count). The number of nitrogens with zero attached hydrogens (tertiary/aromatic N) is 3. The summed E-state index contributed by atoms with van der Waals surface area (Å²) in [5.41, 5.74) is 1.80. The van der Waals surface area contributed by atoms with Crippen LogP contribution in [0, 0.1) is 11.3 Å². The number of fused-ring (bicyclic) bond motifs is 1. The van der Waals surface area contributed by atoms with E-state index in [-0.39, 0.29) is 5.41 Å². The van der Waals surface area contributed by atoms with Crippen LogP contribution in [0.5, 0.6) is 0 Å². The van der Waals surface area contributed by atoms with Crippen molar-refractivity contribution >= 4 is 5.65 Å². The van der Waals surface area contributed by atoms with Gasteiger partial charge in [0.25, 0.3) is 0 Å². The highest BCUT2D eigenvalue weighted by atomic mass is 15.0. The highest BCUT2D eigenvalue weighted by Gasteiger charge is 2.35. The third-order valence-electron chi connectivity index (χ3n) is 3.62. The van der Waals surface area contributed by atoms with Gasteiger partial charge in [0.05, 0.1) is 11.5 Å². The molecular weight excluding hydrogens is 198 g/mol. The van der Waals surface area contributed by atoms with Gasteiger partial charge in [-0.2, -0.15) is 5.26 Å². The molecule has 1 aliphatic carbocycles. The first kappa shape index (κ1) is 9.41. The van der Waals surface area contributed by atoms with Gasteiger partial charge in [0.2, 0.25) is 0 Å². The second-order valence-corrected chi connectivity index (χ2v) is 4.51. The van der Waals surface area contributed by atoms with E-state index >= 15 is 0 Å². The quantitative estimate of drug-likeness (QED) is 0.727. The maximum atomic E-state index is 9.42. The molecule has 3 heteroatoms. The van der Waals surface area contributed by atoms with Crippen LogP contribution in [0.15, 0.2) is 30.7 Å². The second kappa shape index (κ2) is 3.34. The molecule has 0 saturated heterocycles. The minimum Gasteiger partial charge on any atom is -0.307 e. The van der Waals surface area contributed by atoms with E-state index in [1.54, 1.807) is 6.20 Å². The monoisotopic (exact) mass is 211 g/mol. The first-order chi connectivity index (χ1) is 7.84. The number of hydrogen-bond donors (Lipinski definition) is 0. The Bertz CT molecular complexity index is 556. The van der Waals surface area contributed by atoms with Crippen LogP contribution < -0.4 is 0 Å². The normalized spacial score (nSPS) is 18.7. The van der Waals surface area contributed by atoms with E-state index in [4.69, 9.17) is 0 Å². The molecule has 1 saturated carbocycles. The van der Waals surface area contributed by atoms with Crippen molar-refractivity contribution in [2.45, 2.75) is 31.1 Å². The van der Waals surface area contributed by atoms with Crippen molar-refractivity contribution in [1.82, 2.24) is 9.38 Å². The van der Waals surface area contributed by atoms with Crippen molar-refractivity contribution in [3.8, 4) is 6.07 Å². The Labute approximate surface area is 94.3 Å². The summed E-state index contributed by atoms with van der Waals surface area (Å²) in [6.45, 7) is 0. The summed E-state index contributed by atoms with van der Waals surface area (Å²) in [5, 5.41) is 9.42. The number of hydrogen-bond acceptors (Lipinski definition) is 2. The summed E-state index contributed by atoms with van der Waals surface area (Å²) in [6.07, 6.45) is 10.00. The van der Waals surface area contributed by atoms with Crippen LogP contribution in [0.25, 0.3) is 5.65 Å². The summed E-state index contributed by atoms with van der Waals surface area (Å²) in [5.74, 6) is 0. The van der Waals surface area contributed by atoms with Crippen LogP contribution in [-0.4, -0.2) is 9.38 Å². The van der Waals surface area contributed by atoms with Gasteiger partial charge in [0.15, 0.2) is 0 Å². The molecule has 0 aliphatic heterocycles. The van der Waals surface area contributed by atoms with Gasteiger partial charge >= 0.3 is 0 Å². The lowest BCUT2D eigenvalue weighted by atomic mass is 9.81. The number of imidazole rings is 1. The molecule has 2 aromatic rings. The van der Waals surface area contributed by atoms with Crippen LogP contribution >= 0.6 is 0 Å². The Kier molecular flexibility index (Phi) is 1.97. The average molecular weight is 211 g/mol. The van der Waals surface area contributed by atoms with Crippen LogP contribution in [0.1, 0.15) is 31.2 Å². The van der Waals surface area contributed by atoms with E-state index in [0.29, 0.717) is 0 Å². The minimum absolute atomic E-state index is 0.256. The van der Waals surface area contributed by atoms with Crippen molar-refractivity contribution in [1.29, 1.82) is 5.26 Å². The van der Waals surface area contributed by atoms with Crippen molar-refractivity contribution in [2.24, 2.45) is 0 Å². The number of pyridine rings is 1. The van der Waals surface area contributed by atoms with E-state index in [0.717, 1.165) is 36.9 Å². The molecule has 0 atom stereocenters. The smallest absolute Gasteiger partial charge is 0.136 e. The lowest BCUT2D eigenvalue weighted by molar-refractivity contribution is 0.572. The molecule has 0 unspecified atom stereocenters. The van der Waals surface area contributed by atoms with Gasteiger partial charge in [0, 0.05) is 18.6 Å². The van der Waals surface area contributed by atoms with Gasteiger partial charge in [0.1, 0.15) is 5.65 Å². The van der Waals surface area contributed by atoms with Crippen LogP contribution in [-0.2, 0) is 5.41 Å². The first-order valence-corrected chi connectivity index (χ1v) is 5.69. The number of nitriles is 1. The van der Waals surface area contributed by atoms with Gasteiger partial charge in [-0.1, -0.05) is 12.8 Å². The standard InChI is InChI=1S/C13H13N3/c14-10-13(4-1-2-5-13)11-3-7-16-8-6-15-12(16)9-11/h3,6-9H,1-2,4-5H2. The summed E-state index contributed by atoms with van der Waals surface area (Å²) in [4.78, 5) is 4.27. The lowest BCUT2D eigenvalue weighted by Crippen LogP contribution is -2.19. The molecule has 2 aromatic heterocycles. The number of aromatic nitrogens is 2. The molecule has 3 nitrogen and oxygen atoms in total. The Hall–Kier alpha value is -1.82. The zero-order valence-corrected chi connectivity index (χ0v) is 9.06. The Morgan fingerprint density at radius 1 is 1.31 bits per heavy atom. The first-order valence-electron chi connectivity index (χ1n) is 5.69. The van der Waals surface area contributed by atoms with E-state index in [2.05, 4.69) is 23.2 Å². The third-order valence-corrected chi connectivity index (χ3v) is 3.62. The molecule has 1 fully saturated rings. The third kappa shape index (κ3) is 1.23. The van der Waals surface area contributed by atoms with Gasteiger partial charge < -0.3 is 4.40 Å². The fourth-order valence-electron chi connectivity index (χ4n) is 2.65. The summed E-state index contributed by atoms with van der Waals surface area (Å²) in [7, 11) is 0. The molecule has 0 amide bonds. The topological polar surface area (TPSA) is 41.1 Å². The molecule has 0 radical (unpaired) electrons. The van der Waals surface area contributed by atoms with E-state index < -0.39 is 0 Å². The van der Waals surface area contributed by atoms with E-state index in [9.17, 15) is 5.26 Å². The van der Waals surface area contributed by atoms with Gasteiger partial charge in [-0.3, -0.25) is 0 Å². The van der Waals surface area contributed by atoms with Crippen molar-refractivity contribution < 1.29 is 0 Å². The predicted octanol–water partition coefficient (Wildman–Crippen LogP) is 2.67. The highest BCUT2D eigenvalue weighted by molar-refractivity contribution is 5.46.